The second-order valence-electron chi connectivity index (χ2n) is 5.68. The third-order valence-corrected chi connectivity index (χ3v) is 3.85. The molecule has 1 aliphatic heterocycles. The number of aromatic nitrogens is 1. The predicted molar refractivity (Wildman–Crippen MR) is 80.8 cm³/mol. The maximum absolute atomic E-state index is 6.03. The molecule has 3 heterocycles. The van der Waals surface area contributed by atoms with Crippen LogP contribution in [0.3, 0.4) is 0 Å². The molecule has 1 atom stereocenters. The van der Waals surface area contributed by atoms with Crippen molar-refractivity contribution < 1.29 is 9.15 Å². The molecule has 21 heavy (non-hydrogen) atoms. The highest BCUT2D eigenvalue weighted by molar-refractivity contribution is 5.07. The summed E-state index contributed by atoms with van der Waals surface area (Å²) in [5.41, 5.74) is 1.14. The minimum Gasteiger partial charge on any atom is -0.465 e. The van der Waals surface area contributed by atoms with Gasteiger partial charge in [-0.05, 0) is 50.1 Å². The normalized spacial score (nSPS) is 19.8. The van der Waals surface area contributed by atoms with Crippen LogP contribution >= 0.6 is 0 Å². The Morgan fingerprint density at radius 3 is 3.10 bits per heavy atom. The molecule has 0 aromatic carbocycles. The lowest BCUT2D eigenvalue weighted by Crippen LogP contribution is -2.39. The smallest absolute Gasteiger partial charge is 0.118 e. The molecule has 0 unspecified atom stereocenters. The van der Waals surface area contributed by atoms with Crippen molar-refractivity contribution >= 4 is 0 Å². The average Bonchev–Trinajstić information content (AvgIpc) is 2.92. The van der Waals surface area contributed by atoms with Crippen LogP contribution in [0.4, 0.5) is 0 Å². The molecule has 1 fully saturated rings. The van der Waals surface area contributed by atoms with Gasteiger partial charge in [0.05, 0.1) is 19.3 Å². The van der Waals surface area contributed by atoms with E-state index in [1.54, 1.807) is 6.20 Å². The van der Waals surface area contributed by atoms with Crippen LogP contribution < -0.4 is 0 Å². The SMILES string of the molecule is Cc1ccc(CN2CCC[C@@H](OCc3cccnc3)C2)o1. The number of aryl methyl sites for hydroxylation is 1. The van der Waals surface area contributed by atoms with Crippen molar-refractivity contribution in [2.75, 3.05) is 13.1 Å². The molecule has 1 aliphatic rings. The Bertz CT molecular complexity index is 553. The number of hydrogen-bond donors (Lipinski definition) is 0. The number of hydrogen-bond acceptors (Lipinski definition) is 4. The highest BCUT2D eigenvalue weighted by Gasteiger charge is 2.21. The Balaban J connectivity index is 1.49. The Kier molecular flexibility index (Phi) is 4.68. The van der Waals surface area contributed by atoms with Crippen molar-refractivity contribution in [3.05, 3.63) is 53.7 Å². The molecule has 112 valence electrons. The molecule has 3 rings (SSSR count). The van der Waals surface area contributed by atoms with Gasteiger partial charge < -0.3 is 9.15 Å². The molecule has 4 nitrogen and oxygen atoms in total. The summed E-state index contributed by atoms with van der Waals surface area (Å²) in [7, 11) is 0. The maximum Gasteiger partial charge on any atom is 0.118 e. The number of piperidine rings is 1. The van der Waals surface area contributed by atoms with Crippen LogP contribution in [0.1, 0.15) is 29.9 Å². The Labute approximate surface area is 125 Å². The molecule has 1 saturated heterocycles. The van der Waals surface area contributed by atoms with Crippen LogP contribution in [0.5, 0.6) is 0 Å². The number of furan rings is 1. The van der Waals surface area contributed by atoms with Crippen LogP contribution in [0.25, 0.3) is 0 Å². The van der Waals surface area contributed by atoms with Gasteiger partial charge in [-0.25, -0.2) is 0 Å². The Morgan fingerprint density at radius 1 is 1.38 bits per heavy atom. The third-order valence-electron chi connectivity index (χ3n) is 3.85. The van der Waals surface area contributed by atoms with Gasteiger partial charge in [0.1, 0.15) is 11.5 Å². The maximum atomic E-state index is 6.03. The molecule has 0 saturated carbocycles. The minimum absolute atomic E-state index is 0.301. The minimum atomic E-state index is 0.301. The lowest BCUT2D eigenvalue weighted by molar-refractivity contribution is -0.0135. The second kappa shape index (κ2) is 6.87. The van der Waals surface area contributed by atoms with Crippen molar-refractivity contribution in [3.63, 3.8) is 0 Å². The van der Waals surface area contributed by atoms with E-state index in [9.17, 15) is 0 Å². The Morgan fingerprint density at radius 2 is 2.33 bits per heavy atom. The van der Waals surface area contributed by atoms with Crippen LogP contribution in [0.2, 0.25) is 0 Å². The monoisotopic (exact) mass is 286 g/mol. The molecule has 0 bridgehead atoms. The third kappa shape index (κ3) is 4.16. The largest absolute Gasteiger partial charge is 0.465 e. The number of pyridine rings is 1. The fraction of sp³-hybridized carbons (Fsp3) is 0.471. The standard InChI is InChI=1S/C17H22N2O2/c1-14-6-7-17(21-14)12-19-9-3-5-16(11-19)20-13-15-4-2-8-18-10-15/h2,4,6-8,10,16H,3,5,9,11-13H2,1H3/t16-/m1/s1. The molecule has 0 amide bonds. The van der Waals surface area contributed by atoms with Crippen molar-refractivity contribution in [1.82, 2.24) is 9.88 Å². The number of nitrogens with zero attached hydrogens (tertiary/aromatic N) is 2. The summed E-state index contributed by atoms with van der Waals surface area (Å²) in [5, 5.41) is 0. The summed E-state index contributed by atoms with van der Waals surface area (Å²) in [5.74, 6) is 2.02. The fourth-order valence-corrected chi connectivity index (χ4v) is 2.78. The first-order chi connectivity index (χ1) is 10.3. The highest BCUT2D eigenvalue weighted by atomic mass is 16.5. The first-order valence-electron chi connectivity index (χ1n) is 7.58. The van der Waals surface area contributed by atoms with Crippen molar-refractivity contribution in [2.45, 2.75) is 39.0 Å². The number of rotatable bonds is 5. The van der Waals surface area contributed by atoms with E-state index >= 15 is 0 Å². The zero-order chi connectivity index (χ0) is 14.5. The number of likely N-dealkylation sites (tertiary alicyclic amines) is 1. The summed E-state index contributed by atoms with van der Waals surface area (Å²) in [6, 6.07) is 8.09. The highest BCUT2D eigenvalue weighted by Crippen LogP contribution is 2.18. The van der Waals surface area contributed by atoms with E-state index < -0.39 is 0 Å². The van der Waals surface area contributed by atoms with Crippen LogP contribution in [-0.4, -0.2) is 29.1 Å². The zero-order valence-electron chi connectivity index (χ0n) is 12.5. The van der Waals surface area contributed by atoms with Gasteiger partial charge in [-0.1, -0.05) is 6.07 Å². The van der Waals surface area contributed by atoms with Gasteiger partial charge in [-0.3, -0.25) is 9.88 Å². The van der Waals surface area contributed by atoms with Crippen LogP contribution in [0, 0.1) is 6.92 Å². The lowest BCUT2D eigenvalue weighted by Gasteiger charge is -2.32. The molecule has 0 spiro atoms. The molecular formula is C17H22N2O2. The van der Waals surface area contributed by atoms with Crippen LogP contribution in [0.15, 0.2) is 41.1 Å². The molecule has 2 aromatic heterocycles. The quantitative estimate of drug-likeness (QED) is 0.846. The molecule has 0 aliphatic carbocycles. The van der Waals surface area contributed by atoms with Gasteiger partial charge in [0.2, 0.25) is 0 Å². The summed E-state index contributed by atoms with van der Waals surface area (Å²) >= 11 is 0. The van der Waals surface area contributed by atoms with E-state index in [1.165, 1.54) is 6.42 Å². The number of ether oxygens (including phenoxy) is 1. The van der Waals surface area contributed by atoms with E-state index in [4.69, 9.17) is 9.15 Å². The summed E-state index contributed by atoms with van der Waals surface area (Å²) in [6.45, 7) is 5.60. The summed E-state index contributed by atoms with van der Waals surface area (Å²) in [6.07, 6.45) is 6.27. The molecule has 0 radical (unpaired) electrons. The van der Waals surface area contributed by atoms with Gasteiger partial charge >= 0.3 is 0 Å². The molecular weight excluding hydrogens is 264 g/mol. The van der Waals surface area contributed by atoms with Gasteiger partial charge in [-0.15, -0.1) is 0 Å². The molecule has 2 aromatic rings. The van der Waals surface area contributed by atoms with Gasteiger partial charge in [0, 0.05) is 18.9 Å². The van der Waals surface area contributed by atoms with E-state index in [2.05, 4.69) is 22.0 Å². The first-order valence-corrected chi connectivity index (χ1v) is 7.58. The summed E-state index contributed by atoms with van der Waals surface area (Å²) in [4.78, 5) is 6.53. The lowest BCUT2D eigenvalue weighted by atomic mass is 10.1. The van der Waals surface area contributed by atoms with Gasteiger partial charge in [0.15, 0.2) is 0 Å². The predicted octanol–water partition coefficient (Wildman–Crippen LogP) is 3.16. The van der Waals surface area contributed by atoms with E-state index in [-0.39, 0.29) is 0 Å². The van der Waals surface area contributed by atoms with E-state index in [0.717, 1.165) is 43.1 Å². The van der Waals surface area contributed by atoms with Gasteiger partial charge in [-0.2, -0.15) is 0 Å². The van der Waals surface area contributed by atoms with Crippen LogP contribution in [-0.2, 0) is 17.9 Å². The summed E-state index contributed by atoms with van der Waals surface area (Å²) < 4.78 is 11.7. The average molecular weight is 286 g/mol. The molecule has 0 N–H and O–H groups in total. The van der Waals surface area contributed by atoms with E-state index in [0.29, 0.717) is 12.7 Å². The first kappa shape index (κ1) is 14.3. The van der Waals surface area contributed by atoms with Crippen molar-refractivity contribution in [2.24, 2.45) is 0 Å². The fourth-order valence-electron chi connectivity index (χ4n) is 2.78. The zero-order valence-corrected chi connectivity index (χ0v) is 12.5. The second-order valence-corrected chi connectivity index (χ2v) is 5.68. The van der Waals surface area contributed by atoms with E-state index in [1.807, 2.05) is 25.3 Å². The van der Waals surface area contributed by atoms with Gasteiger partial charge in [0.25, 0.3) is 0 Å². The topological polar surface area (TPSA) is 38.5 Å². The van der Waals surface area contributed by atoms with Crippen molar-refractivity contribution in [1.29, 1.82) is 0 Å². The Hall–Kier alpha value is -1.65. The van der Waals surface area contributed by atoms with Crippen molar-refractivity contribution in [3.8, 4) is 0 Å². The molecule has 4 heteroatoms.